The fourth-order valence-corrected chi connectivity index (χ4v) is 1.46. The first kappa shape index (κ1) is 13.0. The van der Waals surface area contributed by atoms with Gasteiger partial charge in [0.05, 0.1) is 22.2 Å². The zero-order chi connectivity index (χ0) is 12.3. The molecular weight excluding hydrogens is 261 g/mol. The van der Waals surface area contributed by atoms with Gasteiger partial charge in [-0.15, -0.1) is 0 Å². The smallest absolute Gasteiger partial charge is 0.255 e. The number of nitrogens with two attached hydrogens (primary N) is 1. The second kappa shape index (κ2) is 5.32. The zero-order valence-electron chi connectivity index (χ0n) is 7.94. The van der Waals surface area contributed by atoms with Gasteiger partial charge in [0.1, 0.15) is 0 Å². The highest BCUT2D eigenvalue weighted by Crippen LogP contribution is 2.28. The van der Waals surface area contributed by atoms with Crippen molar-refractivity contribution in [3.63, 3.8) is 0 Å². The minimum Gasteiger partial charge on any atom is -0.399 e. The zero-order valence-corrected chi connectivity index (χ0v) is 9.45. The molecule has 0 aliphatic heterocycles. The molecule has 16 heavy (non-hydrogen) atoms. The van der Waals surface area contributed by atoms with E-state index in [9.17, 15) is 13.6 Å². The largest absolute Gasteiger partial charge is 0.399 e. The average molecular weight is 269 g/mol. The summed E-state index contributed by atoms with van der Waals surface area (Å²) in [7, 11) is 0. The fraction of sp³-hybridized carbons (Fsp3) is 0.222. The molecular formula is C9H8Cl2F2N2O. The number of anilines is 1. The lowest BCUT2D eigenvalue weighted by molar-refractivity contribution is 0.0892. The van der Waals surface area contributed by atoms with Gasteiger partial charge in [-0.25, -0.2) is 8.78 Å². The van der Waals surface area contributed by atoms with Gasteiger partial charge in [-0.3, -0.25) is 4.79 Å². The van der Waals surface area contributed by atoms with E-state index in [-0.39, 0.29) is 21.3 Å². The second-order valence-corrected chi connectivity index (χ2v) is 3.75. The van der Waals surface area contributed by atoms with Gasteiger partial charge < -0.3 is 11.1 Å². The molecule has 0 radical (unpaired) electrons. The molecule has 0 aliphatic rings. The van der Waals surface area contributed by atoms with E-state index in [1.54, 1.807) is 0 Å². The van der Waals surface area contributed by atoms with Crippen molar-refractivity contribution in [2.24, 2.45) is 0 Å². The van der Waals surface area contributed by atoms with E-state index < -0.39 is 18.9 Å². The molecule has 1 aromatic rings. The monoisotopic (exact) mass is 268 g/mol. The molecule has 1 rings (SSSR count). The van der Waals surface area contributed by atoms with Crippen LogP contribution >= 0.6 is 23.2 Å². The third-order valence-electron chi connectivity index (χ3n) is 1.71. The lowest BCUT2D eigenvalue weighted by Gasteiger charge is -2.08. The molecule has 0 bridgehead atoms. The van der Waals surface area contributed by atoms with E-state index in [1.165, 1.54) is 12.1 Å². The Bertz CT molecular complexity index is 413. The highest BCUT2D eigenvalue weighted by atomic mass is 35.5. The van der Waals surface area contributed by atoms with Crippen LogP contribution in [-0.4, -0.2) is 18.9 Å². The third kappa shape index (κ3) is 3.21. The van der Waals surface area contributed by atoms with Crippen molar-refractivity contribution in [3.8, 4) is 0 Å². The lowest BCUT2D eigenvalue weighted by atomic mass is 10.2. The van der Waals surface area contributed by atoms with Gasteiger partial charge in [0.25, 0.3) is 12.3 Å². The summed E-state index contributed by atoms with van der Waals surface area (Å²) in [5.41, 5.74) is 5.66. The van der Waals surface area contributed by atoms with Crippen LogP contribution < -0.4 is 11.1 Å². The van der Waals surface area contributed by atoms with E-state index in [1.807, 2.05) is 5.32 Å². The molecule has 88 valence electrons. The predicted octanol–water partition coefficient (Wildman–Crippen LogP) is 2.57. The number of amides is 1. The Labute approximate surface area is 101 Å². The van der Waals surface area contributed by atoms with Gasteiger partial charge in [-0.1, -0.05) is 23.2 Å². The fourth-order valence-electron chi connectivity index (χ4n) is 1.04. The van der Waals surface area contributed by atoms with Gasteiger partial charge in [0.2, 0.25) is 0 Å². The molecule has 1 aromatic carbocycles. The summed E-state index contributed by atoms with van der Waals surface area (Å²) in [6.45, 7) is -0.748. The Morgan fingerprint density at radius 1 is 1.44 bits per heavy atom. The summed E-state index contributed by atoms with van der Waals surface area (Å²) in [6.07, 6.45) is -2.63. The molecule has 0 aromatic heterocycles. The van der Waals surface area contributed by atoms with Crippen molar-refractivity contribution in [1.29, 1.82) is 0 Å². The molecule has 3 nitrogen and oxygen atoms in total. The first-order valence-electron chi connectivity index (χ1n) is 4.22. The number of rotatable bonds is 3. The highest BCUT2D eigenvalue weighted by molar-refractivity contribution is 6.44. The number of hydrogen-bond donors (Lipinski definition) is 2. The second-order valence-electron chi connectivity index (χ2n) is 2.97. The van der Waals surface area contributed by atoms with Crippen molar-refractivity contribution in [1.82, 2.24) is 5.32 Å². The van der Waals surface area contributed by atoms with Crippen molar-refractivity contribution < 1.29 is 13.6 Å². The molecule has 0 saturated heterocycles. The molecule has 0 atom stereocenters. The number of carbonyl (C=O) groups is 1. The lowest BCUT2D eigenvalue weighted by Crippen LogP contribution is -2.28. The highest BCUT2D eigenvalue weighted by Gasteiger charge is 2.15. The summed E-state index contributed by atoms with van der Waals surface area (Å²) in [6, 6.07) is 2.64. The van der Waals surface area contributed by atoms with Gasteiger partial charge >= 0.3 is 0 Å². The van der Waals surface area contributed by atoms with E-state index in [0.29, 0.717) is 0 Å². The minimum atomic E-state index is -2.63. The van der Waals surface area contributed by atoms with Crippen LogP contribution in [-0.2, 0) is 0 Å². The maximum atomic E-state index is 11.9. The van der Waals surface area contributed by atoms with Crippen molar-refractivity contribution >= 4 is 34.8 Å². The standard InChI is InChI=1S/C9H8Cl2F2N2O/c10-6-2-4(14)1-5(8(6)11)9(16)15-3-7(12)13/h1-2,7H,3,14H2,(H,15,16). The minimum absolute atomic E-state index is 0.0115. The van der Waals surface area contributed by atoms with Crippen molar-refractivity contribution in [3.05, 3.63) is 27.7 Å². The Hall–Kier alpha value is -1.07. The van der Waals surface area contributed by atoms with Crippen LogP contribution in [0.15, 0.2) is 12.1 Å². The SMILES string of the molecule is Nc1cc(Cl)c(Cl)c(C(=O)NCC(F)F)c1. The third-order valence-corrected chi connectivity index (χ3v) is 2.51. The predicted molar refractivity (Wildman–Crippen MR) is 59.2 cm³/mol. The first-order chi connectivity index (χ1) is 7.41. The molecule has 0 saturated carbocycles. The van der Waals surface area contributed by atoms with Gasteiger partial charge in [0, 0.05) is 5.69 Å². The van der Waals surface area contributed by atoms with E-state index in [4.69, 9.17) is 28.9 Å². The van der Waals surface area contributed by atoms with Crippen LogP contribution in [0.2, 0.25) is 10.0 Å². The summed E-state index contributed by atoms with van der Waals surface area (Å²) in [5, 5.41) is 2.10. The summed E-state index contributed by atoms with van der Waals surface area (Å²) >= 11 is 11.4. The molecule has 0 heterocycles. The normalized spacial score (nSPS) is 10.6. The van der Waals surface area contributed by atoms with E-state index in [0.717, 1.165) is 0 Å². The molecule has 0 spiro atoms. The topological polar surface area (TPSA) is 55.1 Å². The van der Waals surface area contributed by atoms with Crippen LogP contribution in [0.25, 0.3) is 0 Å². The van der Waals surface area contributed by atoms with Gasteiger partial charge in [-0.2, -0.15) is 0 Å². The van der Waals surface area contributed by atoms with Crippen LogP contribution in [0.5, 0.6) is 0 Å². The number of hydrogen-bond acceptors (Lipinski definition) is 2. The molecule has 7 heteroatoms. The summed E-state index contributed by atoms with van der Waals surface area (Å²) < 4.78 is 23.7. The van der Waals surface area contributed by atoms with Crippen LogP contribution in [0.4, 0.5) is 14.5 Å². The molecule has 0 unspecified atom stereocenters. The molecule has 3 N–H and O–H groups in total. The quantitative estimate of drug-likeness (QED) is 0.828. The van der Waals surface area contributed by atoms with Crippen molar-refractivity contribution in [2.75, 3.05) is 12.3 Å². The molecule has 0 aliphatic carbocycles. The summed E-state index contributed by atoms with van der Waals surface area (Å²) in [4.78, 5) is 11.4. The number of alkyl halides is 2. The van der Waals surface area contributed by atoms with Crippen LogP contribution in [0.3, 0.4) is 0 Å². The Kier molecular flexibility index (Phi) is 4.32. The number of nitrogens with one attached hydrogen (secondary N) is 1. The average Bonchev–Trinajstić information content (AvgIpc) is 2.19. The summed E-state index contributed by atoms with van der Waals surface area (Å²) in [5.74, 6) is -0.737. The van der Waals surface area contributed by atoms with E-state index in [2.05, 4.69) is 0 Å². The van der Waals surface area contributed by atoms with E-state index >= 15 is 0 Å². The Morgan fingerprint density at radius 2 is 2.06 bits per heavy atom. The molecule has 0 fully saturated rings. The van der Waals surface area contributed by atoms with Crippen LogP contribution in [0.1, 0.15) is 10.4 Å². The number of benzene rings is 1. The number of halogens is 4. The number of nitrogen functional groups attached to an aromatic ring is 1. The molecule has 1 amide bonds. The van der Waals surface area contributed by atoms with Gasteiger partial charge in [-0.05, 0) is 12.1 Å². The maximum Gasteiger partial charge on any atom is 0.255 e. The first-order valence-corrected chi connectivity index (χ1v) is 4.98. The maximum absolute atomic E-state index is 11.9. The van der Waals surface area contributed by atoms with Gasteiger partial charge in [0.15, 0.2) is 0 Å². The van der Waals surface area contributed by atoms with Crippen LogP contribution in [0, 0.1) is 0 Å². The Balaban J connectivity index is 2.91. The number of carbonyl (C=O) groups excluding carboxylic acids is 1. The van der Waals surface area contributed by atoms with Crippen molar-refractivity contribution in [2.45, 2.75) is 6.43 Å². The Morgan fingerprint density at radius 3 is 2.62 bits per heavy atom.